The van der Waals surface area contributed by atoms with Crippen LogP contribution in [-0.4, -0.2) is 66.1 Å². The van der Waals surface area contributed by atoms with Gasteiger partial charge in [0, 0.05) is 43.7 Å². The van der Waals surface area contributed by atoms with Crippen molar-refractivity contribution in [1.82, 2.24) is 25.1 Å². The molecule has 1 atom stereocenters. The average Bonchev–Trinajstić information content (AvgIpc) is 2.75. The van der Waals surface area contributed by atoms with Crippen molar-refractivity contribution < 1.29 is 4.79 Å². The summed E-state index contributed by atoms with van der Waals surface area (Å²) in [5, 5.41) is 6.76. The van der Waals surface area contributed by atoms with Gasteiger partial charge in [-0.25, -0.2) is 14.8 Å². The molecule has 3 rings (SSSR count). The van der Waals surface area contributed by atoms with Gasteiger partial charge in [-0.3, -0.25) is 0 Å². The summed E-state index contributed by atoms with van der Waals surface area (Å²) in [6.45, 7) is 3.90. The van der Waals surface area contributed by atoms with E-state index in [2.05, 4.69) is 32.5 Å². The molecule has 1 aromatic heterocycles. The number of urea groups is 1. The Kier molecular flexibility index (Phi) is 7.39. The summed E-state index contributed by atoms with van der Waals surface area (Å²) in [6.07, 6.45) is 5.34. The molecule has 2 amide bonds. The van der Waals surface area contributed by atoms with Crippen molar-refractivity contribution >= 4 is 35.2 Å². The Labute approximate surface area is 187 Å². The number of hydrogen-bond donors (Lipinski definition) is 2. The molecule has 2 N–H and O–H groups in total. The number of anilines is 1. The zero-order valence-corrected chi connectivity index (χ0v) is 19.3. The number of carbonyl (C=O) groups is 1. The maximum atomic E-state index is 12.8. The zero-order valence-electron chi connectivity index (χ0n) is 17.7. The van der Waals surface area contributed by atoms with Gasteiger partial charge in [0.2, 0.25) is 5.95 Å². The van der Waals surface area contributed by atoms with Gasteiger partial charge < -0.3 is 20.4 Å². The lowest BCUT2D eigenvalue weighted by Crippen LogP contribution is -2.48. The number of carbonyl (C=O) groups excluding carboxylic acids is 1. The number of amides is 2. The van der Waals surface area contributed by atoms with Crippen LogP contribution >= 0.6 is 23.2 Å². The molecule has 1 fully saturated rings. The van der Waals surface area contributed by atoms with E-state index < -0.39 is 0 Å². The van der Waals surface area contributed by atoms with Gasteiger partial charge in [0.1, 0.15) is 0 Å². The predicted octanol–water partition coefficient (Wildman–Crippen LogP) is 4.29. The molecule has 0 bridgehead atoms. The highest BCUT2D eigenvalue weighted by Crippen LogP contribution is 2.37. The number of hydrogen-bond acceptors (Lipinski definition) is 5. The fourth-order valence-corrected chi connectivity index (χ4v) is 4.24. The van der Waals surface area contributed by atoms with E-state index in [0.717, 1.165) is 42.6 Å². The first kappa shape index (κ1) is 22.6. The first-order valence-corrected chi connectivity index (χ1v) is 10.8. The third kappa shape index (κ3) is 4.96. The van der Waals surface area contributed by atoms with Crippen molar-refractivity contribution in [3.05, 3.63) is 40.1 Å². The van der Waals surface area contributed by atoms with Gasteiger partial charge in [-0.2, -0.15) is 0 Å². The Morgan fingerprint density at radius 1 is 1.20 bits per heavy atom. The number of benzene rings is 1. The van der Waals surface area contributed by atoms with E-state index in [9.17, 15) is 4.79 Å². The molecule has 1 aromatic carbocycles. The van der Waals surface area contributed by atoms with Crippen LogP contribution in [0.2, 0.25) is 10.0 Å². The number of aromatic nitrogens is 2. The smallest absolute Gasteiger partial charge is 0.317 e. The molecule has 0 aliphatic carbocycles. The first-order valence-electron chi connectivity index (χ1n) is 10.0. The largest absolute Gasteiger partial charge is 0.357 e. The van der Waals surface area contributed by atoms with Gasteiger partial charge in [0.05, 0.1) is 16.1 Å². The van der Waals surface area contributed by atoms with Crippen molar-refractivity contribution in [3.63, 3.8) is 0 Å². The van der Waals surface area contributed by atoms with Crippen molar-refractivity contribution in [1.29, 1.82) is 0 Å². The van der Waals surface area contributed by atoms with Gasteiger partial charge >= 0.3 is 6.03 Å². The molecule has 1 saturated heterocycles. The van der Waals surface area contributed by atoms with Gasteiger partial charge in [-0.05, 0) is 45.5 Å². The van der Waals surface area contributed by atoms with Crippen molar-refractivity contribution in [2.24, 2.45) is 0 Å². The number of halogens is 2. The molecule has 7 nitrogen and oxygen atoms in total. The van der Waals surface area contributed by atoms with E-state index in [1.54, 1.807) is 24.3 Å². The van der Waals surface area contributed by atoms with E-state index in [0.29, 0.717) is 16.0 Å². The number of nitrogens with one attached hydrogen (secondary N) is 2. The van der Waals surface area contributed by atoms with Crippen LogP contribution < -0.4 is 10.6 Å². The third-order valence-electron chi connectivity index (χ3n) is 5.66. The maximum Gasteiger partial charge on any atom is 0.317 e. The fourth-order valence-electron chi connectivity index (χ4n) is 3.63. The minimum absolute atomic E-state index is 0.107. The molecule has 2 heterocycles. The van der Waals surface area contributed by atoms with E-state index in [4.69, 9.17) is 23.2 Å². The lowest BCUT2D eigenvalue weighted by Gasteiger charge is -2.35. The van der Waals surface area contributed by atoms with Crippen molar-refractivity contribution in [3.8, 4) is 11.1 Å². The van der Waals surface area contributed by atoms with Crippen LogP contribution in [0.15, 0.2) is 24.5 Å². The molecule has 30 heavy (non-hydrogen) atoms. The lowest BCUT2D eigenvalue weighted by molar-refractivity contribution is 0.146. The highest BCUT2D eigenvalue weighted by Gasteiger charge is 2.25. The minimum atomic E-state index is -0.284. The Hall–Kier alpha value is -2.09. The maximum absolute atomic E-state index is 12.8. The number of rotatable bonds is 5. The molecular weight excluding hydrogens is 423 g/mol. The normalized spacial score (nSPS) is 16.2. The SMILES string of the molecule is CNc1ncc(-c2ccc(C(C)NC(=O)N(C)C3CCN(C)CC3)c(Cl)c2Cl)cn1. The number of nitrogens with zero attached hydrogens (tertiary/aromatic N) is 4. The molecule has 1 aliphatic rings. The Bertz CT molecular complexity index is 884. The second-order valence-corrected chi connectivity index (χ2v) is 8.45. The molecule has 0 radical (unpaired) electrons. The Balaban J connectivity index is 1.72. The average molecular weight is 451 g/mol. The summed E-state index contributed by atoms with van der Waals surface area (Å²) in [7, 11) is 5.72. The van der Waals surface area contributed by atoms with E-state index >= 15 is 0 Å². The minimum Gasteiger partial charge on any atom is -0.357 e. The van der Waals surface area contributed by atoms with E-state index in [1.807, 2.05) is 26.1 Å². The third-order valence-corrected chi connectivity index (χ3v) is 6.56. The second-order valence-electron chi connectivity index (χ2n) is 7.69. The molecule has 0 spiro atoms. The van der Waals surface area contributed by atoms with Gasteiger partial charge in [-0.15, -0.1) is 0 Å². The van der Waals surface area contributed by atoms with Crippen LogP contribution in [0.4, 0.5) is 10.7 Å². The Morgan fingerprint density at radius 2 is 1.83 bits per heavy atom. The quantitative estimate of drug-likeness (QED) is 0.710. The molecule has 0 saturated carbocycles. The summed E-state index contributed by atoms with van der Waals surface area (Å²) < 4.78 is 0. The summed E-state index contributed by atoms with van der Waals surface area (Å²) in [5.74, 6) is 0.530. The van der Waals surface area contributed by atoms with Gasteiger partial charge in [0.25, 0.3) is 0 Å². The topological polar surface area (TPSA) is 73.4 Å². The summed E-state index contributed by atoms with van der Waals surface area (Å²) >= 11 is 13.1. The molecule has 1 aliphatic heterocycles. The first-order chi connectivity index (χ1) is 14.3. The summed E-state index contributed by atoms with van der Waals surface area (Å²) in [5.41, 5.74) is 2.28. The monoisotopic (exact) mass is 450 g/mol. The Morgan fingerprint density at radius 3 is 2.43 bits per heavy atom. The van der Waals surface area contributed by atoms with Crippen LogP contribution in [0, 0.1) is 0 Å². The summed E-state index contributed by atoms with van der Waals surface area (Å²) in [6, 6.07) is 3.62. The summed E-state index contributed by atoms with van der Waals surface area (Å²) in [4.78, 5) is 25.3. The van der Waals surface area contributed by atoms with Crippen LogP contribution in [0.3, 0.4) is 0 Å². The predicted molar refractivity (Wildman–Crippen MR) is 122 cm³/mol. The van der Waals surface area contributed by atoms with E-state index in [-0.39, 0.29) is 18.1 Å². The highest BCUT2D eigenvalue weighted by molar-refractivity contribution is 6.44. The van der Waals surface area contributed by atoms with Crippen LogP contribution in [0.25, 0.3) is 11.1 Å². The van der Waals surface area contributed by atoms with Crippen LogP contribution in [0.5, 0.6) is 0 Å². The molecular formula is C21H28Cl2N6O. The standard InChI is InChI=1S/C21H28Cl2N6O/c1-13(27-21(30)29(4)15-7-9-28(3)10-8-15)16-5-6-17(19(23)18(16)22)14-11-25-20(24-2)26-12-14/h5-6,11-13,15H,7-10H2,1-4H3,(H,27,30)(H,24,25,26). The lowest BCUT2D eigenvalue weighted by atomic mass is 10.0. The van der Waals surface area contributed by atoms with Crippen LogP contribution in [0.1, 0.15) is 31.4 Å². The van der Waals surface area contributed by atoms with Gasteiger partial charge in [0.15, 0.2) is 0 Å². The molecule has 2 aromatic rings. The van der Waals surface area contributed by atoms with Crippen molar-refractivity contribution in [2.45, 2.75) is 31.8 Å². The second kappa shape index (κ2) is 9.81. The van der Waals surface area contributed by atoms with Crippen LogP contribution in [-0.2, 0) is 0 Å². The van der Waals surface area contributed by atoms with Gasteiger partial charge in [-0.1, -0.05) is 35.3 Å². The highest BCUT2D eigenvalue weighted by atomic mass is 35.5. The van der Waals surface area contributed by atoms with Crippen molar-refractivity contribution in [2.75, 3.05) is 39.5 Å². The van der Waals surface area contributed by atoms with E-state index in [1.165, 1.54) is 0 Å². The molecule has 9 heteroatoms. The molecule has 1 unspecified atom stereocenters. The zero-order chi connectivity index (χ0) is 21.8. The molecule has 162 valence electrons. The fraction of sp³-hybridized carbons (Fsp3) is 0.476. The number of piperidine rings is 1. The number of likely N-dealkylation sites (tertiary alicyclic amines) is 1.